The highest BCUT2D eigenvalue weighted by Gasteiger charge is 2.19. The summed E-state index contributed by atoms with van der Waals surface area (Å²) in [4.78, 5) is 26.5. The van der Waals surface area contributed by atoms with E-state index in [1.54, 1.807) is 13.8 Å². The van der Waals surface area contributed by atoms with Crippen molar-refractivity contribution in [2.75, 3.05) is 4.90 Å². The molecule has 4 aromatic rings. The van der Waals surface area contributed by atoms with Crippen LogP contribution in [0.15, 0.2) is 127 Å². The molecule has 43 heavy (non-hydrogen) atoms. The van der Waals surface area contributed by atoms with Gasteiger partial charge in [-0.2, -0.15) is 0 Å². The van der Waals surface area contributed by atoms with Crippen LogP contribution in [0.5, 0.6) is 0 Å². The molecule has 0 spiro atoms. The van der Waals surface area contributed by atoms with Gasteiger partial charge in [0.05, 0.1) is 0 Å². The first-order chi connectivity index (χ1) is 20.7. The molecule has 0 fully saturated rings. The SMILES string of the molecule is C=C(C)C(=O)OC(CC)c1ccc(N(c2ccc(-c3ccccc3)cc2)c2ccc(C(CC)OC(=O)C(=C)C)cc2)cc1. The number of ether oxygens (including phenoxy) is 2. The molecule has 2 unspecified atom stereocenters. The molecule has 0 N–H and O–H groups in total. The van der Waals surface area contributed by atoms with Gasteiger partial charge in [-0.15, -0.1) is 0 Å². The maximum absolute atomic E-state index is 12.2. The van der Waals surface area contributed by atoms with Gasteiger partial charge in [0, 0.05) is 28.2 Å². The van der Waals surface area contributed by atoms with Crippen molar-refractivity contribution in [2.24, 2.45) is 0 Å². The normalized spacial score (nSPS) is 12.1. The smallest absolute Gasteiger partial charge is 0.333 e. The van der Waals surface area contributed by atoms with Crippen molar-refractivity contribution in [3.63, 3.8) is 0 Å². The molecular formula is C38H39NO4. The summed E-state index contributed by atoms with van der Waals surface area (Å²) in [6.45, 7) is 14.7. The lowest BCUT2D eigenvalue weighted by Gasteiger charge is -2.27. The Hall–Kier alpha value is -4.90. The number of rotatable bonds is 12. The quantitative estimate of drug-likeness (QED) is 0.125. The molecule has 0 bridgehead atoms. The van der Waals surface area contributed by atoms with E-state index in [9.17, 15) is 9.59 Å². The topological polar surface area (TPSA) is 55.8 Å². The summed E-state index contributed by atoms with van der Waals surface area (Å²) in [6.07, 6.45) is 0.589. The van der Waals surface area contributed by atoms with Crippen LogP contribution in [0, 0.1) is 0 Å². The molecule has 220 valence electrons. The van der Waals surface area contributed by atoms with Gasteiger partial charge in [-0.3, -0.25) is 0 Å². The minimum Gasteiger partial charge on any atom is -0.454 e. The van der Waals surface area contributed by atoms with Crippen molar-refractivity contribution in [3.05, 3.63) is 139 Å². The van der Waals surface area contributed by atoms with E-state index in [1.165, 1.54) is 0 Å². The molecule has 5 nitrogen and oxygen atoms in total. The lowest BCUT2D eigenvalue weighted by atomic mass is 10.0. The van der Waals surface area contributed by atoms with Crippen LogP contribution in [0.2, 0.25) is 0 Å². The highest BCUT2D eigenvalue weighted by atomic mass is 16.5. The minimum absolute atomic E-state index is 0.357. The van der Waals surface area contributed by atoms with Gasteiger partial charge in [0.1, 0.15) is 12.2 Å². The molecule has 4 rings (SSSR count). The zero-order valence-corrected chi connectivity index (χ0v) is 25.4. The first kappa shape index (κ1) is 31.0. The first-order valence-corrected chi connectivity index (χ1v) is 14.6. The zero-order valence-electron chi connectivity index (χ0n) is 25.4. The van der Waals surface area contributed by atoms with Gasteiger partial charge in [0.25, 0.3) is 0 Å². The summed E-state index contributed by atoms with van der Waals surface area (Å²) in [6, 6.07) is 34.9. The van der Waals surface area contributed by atoms with Crippen LogP contribution >= 0.6 is 0 Å². The van der Waals surface area contributed by atoms with Crippen LogP contribution in [0.25, 0.3) is 11.1 Å². The highest BCUT2D eigenvalue weighted by molar-refractivity contribution is 5.87. The van der Waals surface area contributed by atoms with Crippen LogP contribution < -0.4 is 4.90 Å². The second-order valence-electron chi connectivity index (χ2n) is 10.6. The lowest BCUT2D eigenvalue weighted by Crippen LogP contribution is -2.13. The van der Waals surface area contributed by atoms with E-state index in [0.717, 1.165) is 39.3 Å². The molecule has 0 aliphatic heterocycles. The van der Waals surface area contributed by atoms with E-state index in [2.05, 4.69) is 54.5 Å². The monoisotopic (exact) mass is 573 g/mol. The van der Waals surface area contributed by atoms with Crippen LogP contribution in [0.1, 0.15) is 63.9 Å². The second kappa shape index (κ2) is 14.3. The zero-order chi connectivity index (χ0) is 30.9. The standard InChI is InChI=1S/C38H39NO4/c1-7-35(42-37(40)26(3)4)30-16-22-33(23-17-30)39(32-20-14-29(15-21-32)28-12-10-9-11-13-28)34-24-18-31(19-25-34)36(8-2)43-38(41)27(5)6/h9-25,35-36H,3,5,7-8H2,1-2,4,6H3. The summed E-state index contributed by atoms with van der Waals surface area (Å²) in [7, 11) is 0. The summed E-state index contributed by atoms with van der Waals surface area (Å²) in [5, 5.41) is 0. The average Bonchev–Trinajstić information content (AvgIpc) is 3.03. The molecule has 5 heteroatoms. The van der Waals surface area contributed by atoms with Gasteiger partial charge in [-0.25, -0.2) is 9.59 Å². The molecule has 0 heterocycles. The Balaban J connectivity index is 1.69. The molecule has 4 aromatic carbocycles. The number of nitrogens with zero attached hydrogens (tertiary/aromatic N) is 1. The number of benzene rings is 4. The van der Waals surface area contributed by atoms with Gasteiger partial charge in [-0.05, 0) is 85.3 Å². The highest BCUT2D eigenvalue weighted by Crippen LogP contribution is 2.37. The third kappa shape index (κ3) is 7.69. The van der Waals surface area contributed by atoms with E-state index >= 15 is 0 Å². The van der Waals surface area contributed by atoms with E-state index < -0.39 is 11.9 Å². The van der Waals surface area contributed by atoms with Crippen LogP contribution in [0.3, 0.4) is 0 Å². The van der Waals surface area contributed by atoms with E-state index in [0.29, 0.717) is 24.0 Å². The number of hydrogen-bond acceptors (Lipinski definition) is 5. The third-order valence-corrected chi connectivity index (χ3v) is 7.22. The second-order valence-corrected chi connectivity index (χ2v) is 10.6. The number of esters is 2. The third-order valence-electron chi connectivity index (χ3n) is 7.22. The molecule has 0 aromatic heterocycles. The van der Waals surface area contributed by atoms with Gasteiger partial charge in [0.2, 0.25) is 0 Å². The Kier molecular flexibility index (Phi) is 10.3. The Morgan fingerprint density at radius 2 is 0.930 bits per heavy atom. The van der Waals surface area contributed by atoms with Gasteiger partial charge < -0.3 is 14.4 Å². The Morgan fingerprint density at radius 3 is 1.28 bits per heavy atom. The largest absolute Gasteiger partial charge is 0.454 e. The van der Waals surface area contributed by atoms with Gasteiger partial charge in [0.15, 0.2) is 0 Å². The fraction of sp³-hybridized carbons (Fsp3) is 0.211. The van der Waals surface area contributed by atoms with E-state index in [4.69, 9.17) is 9.47 Å². The van der Waals surface area contributed by atoms with Crippen LogP contribution in [-0.4, -0.2) is 11.9 Å². The van der Waals surface area contributed by atoms with Crippen LogP contribution in [-0.2, 0) is 19.1 Å². The van der Waals surface area contributed by atoms with Crippen molar-refractivity contribution < 1.29 is 19.1 Å². The molecule has 2 atom stereocenters. The molecule has 0 aliphatic carbocycles. The molecule has 0 amide bonds. The predicted molar refractivity (Wildman–Crippen MR) is 174 cm³/mol. The van der Waals surface area contributed by atoms with Crippen molar-refractivity contribution in [3.8, 4) is 11.1 Å². The average molecular weight is 574 g/mol. The van der Waals surface area contributed by atoms with Crippen molar-refractivity contribution in [1.82, 2.24) is 0 Å². The van der Waals surface area contributed by atoms with Crippen molar-refractivity contribution in [2.45, 2.75) is 52.7 Å². The predicted octanol–water partition coefficient (Wildman–Crippen LogP) is 9.96. The number of carbonyl (C=O) groups excluding carboxylic acids is 2. The maximum atomic E-state index is 12.2. The number of anilines is 3. The Morgan fingerprint density at radius 1 is 0.581 bits per heavy atom. The van der Waals surface area contributed by atoms with Gasteiger partial charge >= 0.3 is 11.9 Å². The Labute approximate surface area is 255 Å². The minimum atomic E-state index is -0.393. The molecule has 0 saturated carbocycles. The van der Waals surface area contributed by atoms with E-state index in [1.807, 2.05) is 80.6 Å². The summed E-state index contributed by atoms with van der Waals surface area (Å²) < 4.78 is 11.3. The molecule has 0 radical (unpaired) electrons. The molecule has 0 saturated heterocycles. The molecule has 0 aliphatic rings. The fourth-order valence-corrected chi connectivity index (χ4v) is 4.79. The summed E-state index contributed by atoms with van der Waals surface area (Å²) in [5.74, 6) is -0.786. The lowest BCUT2D eigenvalue weighted by molar-refractivity contribution is -0.145. The molecular weight excluding hydrogens is 534 g/mol. The van der Waals surface area contributed by atoms with Crippen molar-refractivity contribution >= 4 is 29.0 Å². The van der Waals surface area contributed by atoms with E-state index in [-0.39, 0.29) is 12.2 Å². The fourth-order valence-electron chi connectivity index (χ4n) is 4.79. The van der Waals surface area contributed by atoms with Crippen molar-refractivity contribution in [1.29, 1.82) is 0 Å². The summed E-state index contributed by atoms with van der Waals surface area (Å²) in [5.41, 5.74) is 7.76. The summed E-state index contributed by atoms with van der Waals surface area (Å²) >= 11 is 0. The Bertz CT molecular complexity index is 1480. The maximum Gasteiger partial charge on any atom is 0.333 e. The van der Waals surface area contributed by atoms with Crippen LogP contribution in [0.4, 0.5) is 17.1 Å². The number of carbonyl (C=O) groups is 2. The number of hydrogen-bond donors (Lipinski definition) is 0. The first-order valence-electron chi connectivity index (χ1n) is 14.6. The van der Waals surface area contributed by atoms with Gasteiger partial charge in [-0.1, -0.05) is 93.7 Å².